The lowest BCUT2D eigenvalue weighted by Crippen LogP contribution is -2.31. The Morgan fingerprint density at radius 3 is 2.49 bits per heavy atom. The highest BCUT2D eigenvalue weighted by atomic mass is 19.1. The summed E-state index contributed by atoms with van der Waals surface area (Å²) >= 11 is 0. The molecule has 1 fully saturated rings. The SMILES string of the molecule is COCCNC(=O)CCc1cccc(N(C(=O)Oc2c(C)cccc2C)c2ccncn2)c1Nc1ccc(OCCCN2CCCCC2)c(F)c1. The maximum Gasteiger partial charge on any atom is 0.425 e. The molecule has 5 rings (SSSR count). The Labute approximate surface area is 299 Å². The van der Waals surface area contributed by atoms with Crippen molar-refractivity contribution in [3.63, 3.8) is 0 Å². The number of aromatic nitrogens is 2. The van der Waals surface area contributed by atoms with Gasteiger partial charge in [0.25, 0.3) is 0 Å². The van der Waals surface area contributed by atoms with Crippen LogP contribution in [0.4, 0.5) is 32.1 Å². The van der Waals surface area contributed by atoms with E-state index in [0.717, 1.165) is 37.2 Å². The number of carbonyl (C=O) groups excluding carboxylic acids is 2. The molecule has 0 spiro atoms. The van der Waals surface area contributed by atoms with E-state index in [1.54, 1.807) is 37.4 Å². The molecule has 2 heterocycles. The summed E-state index contributed by atoms with van der Waals surface area (Å²) in [5, 5.41) is 6.18. The molecule has 12 heteroatoms. The van der Waals surface area contributed by atoms with Gasteiger partial charge in [-0.25, -0.2) is 24.1 Å². The van der Waals surface area contributed by atoms with Crippen LogP contribution in [0.1, 0.15) is 48.8 Å². The minimum Gasteiger partial charge on any atom is -0.490 e. The first-order valence-corrected chi connectivity index (χ1v) is 17.5. The summed E-state index contributed by atoms with van der Waals surface area (Å²) in [7, 11) is 1.57. The number of para-hydroxylation sites is 2. The molecule has 2 N–H and O–H groups in total. The molecule has 0 aliphatic carbocycles. The normalized spacial score (nSPS) is 13.0. The summed E-state index contributed by atoms with van der Waals surface area (Å²) in [4.78, 5) is 39.0. The number of aryl methyl sites for hydroxylation is 3. The largest absolute Gasteiger partial charge is 0.490 e. The molecule has 0 unspecified atom stereocenters. The van der Waals surface area contributed by atoms with E-state index in [1.165, 1.54) is 42.8 Å². The number of hydrogen-bond donors (Lipinski definition) is 2. The van der Waals surface area contributed by atoms with Crippen LogP contribution in [0.5, 0.6) is 11.5 Å². The number of methoxy groups -OCH3 is 1. The van der Waals surface area contributed by atoms with Gasteiger partial charge in [-0.15, -0.1) is 0 Å². The van der Waals surface area contributed by atoms with E-state index >= 15 is 4.39 Å². The van der Waals surface area contributed by atoms with Gasteiger partial charge in [-0.05, 0) is 93.6 Å². The Morgan fingerprint density at radius 2 is 1.76 bits per heavy atom. The van der Waals surface area contributed by atoms with Crippen LogP contribution in [0.2, 0.25) is 0 Å². The molecule has 2 amide bonds. The van der Waals surface area contributed by atoms with Gasteiger partial charge in [-0.3, -0.25) is 4.79 Å². The molecule has 51 heavy (non-hydrogen) atoms. The minimum atomic E-state index is -0.705. The zero-order chi connectivity index (χ0) is 36.0. The molecule has 270 valence electrons. The first-order valence-electron chi connectivity index (χ1n) is 17.5. The second kappa shape index (κ2) is 18.8. The number of likely N-dealkylation sites (tertiary alicyclic amines) is 1. The quantitative estimate of drug-likeness (QED) is 0.117. The summed E-state index contributed by atoms with van der Waals surface area (Å²) in [6, 6.07) is 17.3. The lowest BCUT2D eigenvalue weighted by molar-refractivity contribution is -0.121. The molecule has 1 aliphatic rings. The topological polar surface area (TPSA) is 118 Å². The molecule has 4 aromatic rings. The van der Waals surface area contributed by atoms with Crippen LogP contribution < -0.4 is 25.0 Å². The molecule has 1 aliphatic heterocycles. The zero-order valence-electron chi connectivity index (χ0n) is 29.6. The van der Waals surface area contributed by atoms with Crippen LogP contribution in [-0.4, -0.2) is 73.4 Å². The number of carbonyl (C=O) groups is 2. The maximum absolute atomic E-state index is 15.5. The van der Waals surface area contributed by atoms with E-state index in [-0.39, 0.29) is 23.9 Å². The van der Waals surface area contributed by atoms with Gasteiger partial charge in [0, 0.05) is 44.6 Å². The Kier molecular flexibility index (Phi) is 13.7. The Bertz CT molecular complexity index is 1730. The number of benzene rings is 3. The highest BCUT2D eigenvalue weighted by Gasteiger charge is 2.27. The van der Waals surface area contributed by atoms with Crippen molar-refractivity contribution >= 4 is 34.9 Å². The highest BCUT2D eigenvalue weighted by Crippen LogP contribution is 2.38. The number of nitrogens with zero attached hydrogens (tertiary/aromatic N) is 4. The average molecular weight is 699 g/mol. The first-order chi connectivity index (χ1) is 24.8. The molecule has 0 saturated carbocycles. The molecule has 1 aromatic heterocycles. The summed E-state index contributed by atoms with van der Waals surface area (Å²) in [6.07, 6.45) is 7.20. The fourth-order valence-electron chi connectivity index (χ4n) is 6.07. The number of hydrogen-bond acceptors (Lipinski definition) is 9. The number of anilines is 4. The van der Waals surface area contributed by atoms with Gasteiger partial charge in [0.1, 0.15) is 17.9 Å². The van der Waals surface area contributed by atoms with E-state index in [4.69, 9.17) is 14.2 Å². The maximum atomic E-state index is 15.5. The van der Waals surface area contributed by atoms with Crippen LogP contribution in [0.25, 0.3) is 0 Å². The van der Waals surface area contributed by atoms with Gasteiger partial charge in [-0.1, -0.05) is 36.8 Å². The van der Waals surface area contributed by atoms with Crippen molar-refractivity contribution in [2.75, 3.05) is 56.7 Å². The van der Waals surface area contributed by atoms with E-state index in [0.29, 0.717) is 54.6 Å². The van der Waals surface area contributed by atoms with E-state index < -0.39 is 11.9 Å². The highest BCUT2D eigenvalue weighted by molar-refractivity contribution is 6.01. The van der Waals surface area contributed by atoms with Crippen molar-refractivity contribution in [2.24, 2.45) is 0 Å². The number of amides is 2. The third-order valence-corrected chi connectivity index (χ3v) is 8.72. The number of halogens is 1. The van der Waals surface area contributed by atoms with Crippen molar-refractivity contribution in [1.29, 1.82) is 0 Å². The van der Waals surface area contributed by atoms with E-state index in [1.807, 2.05) is 38.1 Å². The smallest absolute Gasteiger partial charge is 0.425 e. The number of rotatable bonds is 16. The zero-order valence-corrected chi connectivity index (χ0v) is 29.6. The molecule has 0 bridgehead atoms. The number of ether oxygens (including phenoxy) is 3. The summed E-state index contributed by atoms with van der Waals surface area (Å²) in [5.41, 5.74) is 3.60. The van der Waals surface area contributed by atoms with Crippen LogP contribution >= 0.6 is 0 Å². The van der Waals surface area contributed by atoms with Crippen LogP contribution in [0, 0.1) is 19.7 Å². The predicted molar refractivity (Wildman–Crippen MR) is 196 cm³/mol. The summed E-state index contributed by atoms with van der Waals surface area (Å²) in [6.45, 7) is 8.07. The van der Waals surface area contributed by atoms with E-state index in [9.17, 15) is 9.59 Å². The lowest BCUT2D eigenvalue weighted by atomic mass is 10.0. The fourth-order valence-corrected chi connectivity index (χ4v) is 6.07. The second-order valence-electron chi connectivity index (χ2n) is 12.5. The van der Waals surface area contributed by atoms with Gasteiger partial charge in [0.2, 0.25) is 5.91 Å². The minimum absolute atomic E-state index is 0.154. The predicted octanol–water partition coefficient (Wildman–Crippen LogP) is 7.26. The van der Waals surface area contributed by atoms with Crippen LogP contribution in [0.15, 0.2) is 73.2 Å². The Hall–Kier alpha value is -5.07. The first kappa shape index (κ1) is 37.2. The average Bonchev–Trinajstić information content (AvgIpc) is 3.13. The van der Waals surface area contributed by atoms with Gasteiger partial charge in [0.15, 0.2) is 11.6 Å². The van der Waals surface area contributed by atoms with Crippen molar-refractivity contribution in [1.82, 2.24) is 20.2 Å². The van der Waals surface area contributed by atoms with Gasteiger partial charge in [-0.2, -0.15) is 0 Å². The molecule has 11 nitrogen and oxygen atoms in total. The molecule has 0 radical (unpaired) electrons. The Balaban J connectivity index is 1.44. The van der Waals surface area contributed by atoms with E-state index in [2.05, 4.69) is 25.5 Å². The standard InChI is InChI=1S/C39H47FN6O5/c1-28-10-7-11-29(2)38(28)51-39(48)46(35-18-19-41-27-43-35)33-13-8-12-30(14-17-36(47)42-20-25-49-3)37(33)44-31-15-16-34(32(40)26-31)50-24-9-23-45-21-5-4-6-22-45/h7-8,10-13,15-16,18-19,26-27,44H,4-6,9,14,17,20-25H2,1-3H3,(H,42,47). The third kappa shape index (κ3) is 10.5. The summed E-state index contributed by atoms with van der Waals surface area (Å²) < 4.78 is 32.3. The van der Waals surface area contributed by atoms with Gasteiger partial charge in [0.05, 0.1) is 24.6 Å². The second-order valence-corrected chi connectivity index (χ2v) is 12.5. The molecule has 3 aromatic carbocycles. The molecular weight excluding hydrogens is 651 g/mol. The fraction of sp³-hybridized carbons (Fsp3) is 0.385. The molecule has 1 saturated heterocycles. The van der Waals surface area contributed by atoms with Crippen molar-refractivity contribution in [3.05, 3.63) is 95.7 Å². The number of piperidine rings is 1. The number of nitrogens with one attached hydrogen (secondary N) is 2. The lowest BCUT2D eigenvalue weighted by Gasteiger charge is -2.26. The van der Waals surface area contributed by atoms with Crippen molar-refractivity contribution < 1.29 is 28.2 Å². The molecular formula is C39H47FN6O5. The summed E-state index contributed by atoms with van der Waals surface area (Å²) in [5.74, 6) is 0.196. The van der Waals surface area contributed by atoms with Gasteiger partial charge >= 0.3 is 6.09 Å². The molecule has 0 atom stereocenters. The third-order valence-electron chi connectivity index (χ3n) is 8.72. The van der Waals surface area contributed by atoms with Gasteiger partial charge < -0.3 is 29.7 Å². The van der Waals surface area contributed by atoms with Crippen molar-refractivity contribution in [2.45, 2.75) is 52.4 Å². The Morgan fingerprint density at radius 1 is 0.980 bits per heavy atom. The monoisotopic (exact) mass is 698 g/mol. The van der Waals surface area contributed by atoms with Crippen LogP contribution in [0.3, 0.4) is 0 Å². The van der Waals surface area contributed by atoms with Crippen molar-refractivity contribution in [3.8, 4) is 11.5 Å². The van der Waals surface area contributed by atoms with Crippen LogP contribution in [-0.2, 0) is 16.0 Å².